The largest absolute Gasteiger partial charge is 0.496 e. The van der Waals surface area contributed by atoms with Crippen molar-refractivity contribution in [2.75, 3.05) is 33.5 Å². The van der Waals surface area contributed by atoms with Crippen LogP contribution >= 0.6 is 11.8 Å². The fourth-order valence-corrected chi connectivity index (χ4v) is 2.15. The SMILES string of the molecule is CCNC(=NCC(C)SC)N(C)Cc1ccccc1OC. The average Bonchev–Trinajstić information content (AvgIpc) is 2.51. The Balaban J connectivity index is 2.78. The Hall–Kier alpha value is -1.36. The van der Waals surface area contributed by atoms with Crippen LogP contribution in [0.5, 0.6) is 5.75 Å². The Morgan fingerprint density at radius 2 is 2.14 bits per heavy atom. The van der Waals surface area contributed by atoms with E-state index in [4.69, 9.17) is 9.73 Å². The Morgan fingerprint density at radius 3 is 2.76 bits per heavy atom. The summed E-state index contributed by atoms with van der Waals surface area (Å²) in [5.74, 6) is 1.85. The van der Waals surface area contributed by atoms with E-state index in [0.29, 0.717) is 5.25 Å². The summed E-state index contributed by atoms with van der Waals surface area (Å²) in [4.78, 5) is 6.84. The van der Waals surface area contributed by atoms with Gasteiger partial charge in [-0.3, -0.25) is 4.99 Å². The van der Waals surface area contributed by atoms with Crippen molar-refractivity contribution >= 4 is 17.7 Å². The minimum atomic E-state index is 0.526. The van der Waals surface area contributed by atoms with Crippen LogP contribution < -0.4 is 10.1 Å². The first-order chi connectivity index (χ1) is 10.1. The maximum Gasteiger partial charge on any atom is 0.193 e. The summed E-state index contributed by atoms with van der Waals surface area (Å²) in [6, 6.07) is 8.10. The van der Waals surface area contributed by atoms with Gasteiger partial charge in [0.2, 0.25) is 0 Å². The van der Waals surface area contributed by atoms with E-state index in [2.05, 4.69) is 43.4 Å². The molecule has 1 aromatic rings. The van der Waals surface area contributed by atoms with Crippen LogP contribution in [-0.4, -0.2) is 49.6 Å². The highest BCUT2D eigenvalue weighted by atomic mass is 32.2. The summed E-state index contributed by atoms with van der Waals surface area (Å²) in [6.07, 6.45) is 2.12. The third-order valence-electron chi connectivity index (χ3n) is 3.20. The summed E-state index contributed by atoms with van der Waals surface area (Å²) >= 11 is 1.83. The second kappa shape index (κ2) is 9.55. The summed E-state index contributed by atoms with van der Waals surface area (Å²) in [7, 11) is 3.76. The maximum atomic E-state index is 5.41. The number of methoxy groups -OCH3 is 1. The van der Waals surface area contributed by atoms with Gasteiger partial charge in [-0.1, -0.05) is 25.1 Å². The maximum absolute atomic E-state index is 5.41. The molecule has 0 fully saturated rings. The van der Waals surface area contributed by atoms with Gasteiger partial charge in [-0.2, -0.15) is 11.8 Å². The Kier molecular flexibility index (Phi) is 8.05. The molecule has 0 spiro atoms. The molecule has 0 radical (unpaired) electrons. The number of nitrogens with one attached hydrogen (secondary N) is 1. The molecular weight excluding hydrogens is 282 g/mol. The van der Waals surface area contributed by atoms with Gasteiger partial charge in [0.1, 0.15) is 5.75 Å². The molecule has 21 heavy (non-hydrogen) atoms. The van der Waals surface area contributed by atoms with Gasteiger partial charge in [0, 0.05) is 31.0 Å². The molecular formula is C16H27N3OS. The monoisotopic (exact) mass is 309 g/mol. The highest BCUT2D eigenvalue weighted by molar-refractivity contribution is 7.99. The van der Waals surface area contributed by atoms with Crippen molar-refractivity contribution in [3.63, 3.8) is 0 Å². The molecule has 0 saturated carbocycles. The molecule has 1 unspecified atom stereocenters. The van der Waals surface area contributed by atoms with Crippen LogP contribution in [0, 0.1) is 0 Å². The average molecular weight is 309 g/mol. The number of para-hydroxylation sites is 1. The third kappa shape index (κ3) is 5.87. The number of hydrogen-bond acceptors (Lipinski definition) is 3. The number of rotatable bonds is 7. The molecule has 1 N–H and O–H groups in total. The van der Waals surface area contributed by atoms with Crippen molar-refractivity contribution in [2.24, 2.45) is 4.99 Å². The van der Waals surface area contributed by atoms with Crippen LogP contribution in [-0.2, 0) is 6.54 Å². The van der Waals surface area contributed by atoms with Crippen molar-refractivity contribution in [1.82, 2.24) is 10.2 Å². The summed E-state index contributed by atoms with van der Waals surface area (Å²) in [5, 5.41) is 3.87. The number of ether oxygens (including phenoxy) is 1. The van der Waals surface area contributed by atoms with Gasteiger partial charge >= 0.3 is 0 Å². The van der Waals surface area contributed by atoms with Crippen molar-refractivity contribution in [3.05, 3.63) is 29.8 Å². The molecule has 4 nitrogen and oxygen atoms in total. The van der Waals surface area contributed by atoms with Crippen LogP contribution in [0.15, 0.2) is 29.3 Å². The van der Waals surface area contributed by atoms with Crippen LogP contribution in [0.3, 0.4) is 0 Å². The van der Waals surface area contributed by atoms with Crippen molar-refractivity contribution in [2.45, 2.75) is 25.6 Å². The smallest absolute Gasteiger partial charge is 0.193 e. The zero-order chi connectivity index (χ0) is 15.7. The van der Waals surface area contributed by atoms with Crippen molar-refractivity contribution < 1.29 is 4.74 Å². The normalized spacial score (nSPS) is 12.9. The third-order valence-corrected chi connectivity index (χ3v) is 4.15. The first-order valence-corrected chi connectivity index (χ1v) is 8.55. The number of nitrogens with zero attached hydrogens (tertiary/aromatic N) is 2. The molecule has 1 aromatic carbocycles. The zero-order valence-corrected chi connectivity index (χ0v) is 14.5. The molecule has 0 aliphatic rings. The van der Waals surface area contributed by atoms with Crippen LogP contribution in [0.1, 0.15) is 19.4 Å². The Bertz CT molecular complexity index is 451. The second-order valence-corrected chi connectivity index (χ2v) is 6.18. The fourth-order valence-electron chi connectivity index (χ4n) is 1.92. The number of benzene rings is 1. The molecule has 0 aliphatic carbocycles. The molecule has 0 aliphatic heterocycles. The lowest BCUT2D eigenvalue weighted by Gasteiger charge is -2.23. The molecule has 0 heterocycles. The van der Waals surface area contributed by atoms with Gasteiger partial charge < -0.3 is 15.0 Å². The second-order valence-electron chi connectivity index (χ2n) is 4.91. The molecule has 0 amide bonds. The molecule has 0 saturated heterocycles. The number of hydrogen-bond donors (Lipinski definition) is 1. The molecule has 5 heteroatoms. The summed E-state index contributed by atoms with van der Waals surface area (Å²) < 4.78 is 5.41. The molecule has 0 aromatic heterocycles. The highest BCUT2D eigenvalue weighted by Crippen LogP contribution is 2.18. The highest BCUT2D eigenvalue weighted by Gasteiger charge is 2.10. The Morgan fingerprint density at radius 1 is 1.43 bits per heavy atom. The van der Waals surface area contributed by atoms with E-state index in [1.165, 1.54) is 0 Å². The van der Waals surface area contributed by atoms with E-state index in [1.807, 2.05) is 30.0 Å². The lowest BCUT2D eigenvalue weighted by Crippen LogP contribution is -2.39. The first-order valence-electron chi connectivity index (χ1n) is 7.26. The summed E-state index contributed by atoms with van der Waals surface area (Å²) in [6.45, 7) is 6.73. The minimum absolute atomic E-state index is 0.526. The summed E-state index contributed by atoms with van der Waals surface area (Å²) in [5.41, 5.74) is 1.16. The molecule has 1 rings (SSSR count). The number of guanidine groups is 1. The van der Waals surface area contributed by atoms with Gasteiger partial charge in [-0.25, -0.2) is 0 Å². The first kappa shape index (κ1) is 17.7. The topological polar surface area (TPSA) is 36.9 Å². The van der Waals surface area contributed by atoms with Gasteiger partial charge in [0.25, 0.3) is 0 Å². The van der Waals surface area contributed by atoms with Gasteiger partial charge in [-0.05, 0) is 19.2 Å². The van der Waals surface area contributed by atoms with E-state index in [9.17, 15) is 0 Å². The molecule has 1 atom stereocenters. The van der Waals surface area contributed by atoms with Crippen LogP contribution in [0.4, 0.5) is 0 Å². The number of aliphatic imine (C=N–C) groups is 1. The minimum Gasteiger partial charge on any atom is -0.496 e. The predicted molar refractivity (Wildman–Crippen MR) is 93.4 cm³/mol. The standard InChI is InChI=1S/C16H27N3OS/c1-6-17-16(18-11-13(2)21-5)19(3)12-14-9-7-8-10-15(14)20-4/h7-10,13H,6,11-12H2,1-5H3,(H,17,18). The van der Waals surface area contributed by atoms with Gasteiger partial charge in [0.15, 0.2) is 5.96 Å². The molecule has 118 valence electrons. The quantitative estimate of drug-likeness (QED) is 0.621. The van der Waals surface area contributed by atoms with Crippen molar-refractivity contribution in [3.8, 4) is 5.75 Å². The molecule has 0 bridgehead atoms. The fraction of sp³-hybridized carbons (Fsp3) is 0.562. The van der Waals surface area contributed by atoms with Gasteiger partial charge in [-0.15, -0.1) is 0 Å². The zero-order valence-electron chi connectivity index (χ0n) is 13.7. The lowest BCUT2D eigenvalue weighted by atomic mass is 10.2. The van der Waals surface area contributed by atoms with E-state index >= 15 is 0 Å². The Labute approximate surface area is 133 Å². The van der Waals surface area contributed by atoms with Gasteiger partial charge in [0.05, 0.1) is 13.7 Å². The number of thioether (sulfide) groups is 1. The van der Waals surface area contributed by atoms with E-state index in [-0.39, 0.29) is 0 Å². The van der Waals surface area contributed by atoms with Crippen molar-refractivity contribution in [1.29, 1.82) is 0 Å². The van der Waals surface area contributed by atoms with E-state index in [1.54, 1.807) is 7.11 Å². The van der Waals surface area contributed by atoms with Crippen LogP contribution in [0.2, 0.25) is 0 Å². The van der Waals surface area contributed by atoms with Crippen LogP contribution in [0.25, 0.3) is 0 Å². The van der Waals surface area contributed by atoms with E-state index in [0.717, 1.165) is 36.9 Å². The van der Waals surface area contributed by atoms with E-state index < -0.39 is 0 Å². The predicted octanol–water partition coefficient (Wildman–Crippen LogP) is 2.84. The lowest BCUT2D eigenvalue weighted by molar-refractivity contribution is 0.396.